The third kappa shape index (κ3) is 5.54. The maximum absolute atomic E-state index is 10.6. The second-order valence-corrected chi connectivity index (χ2v) is 10.4. The van der Waals surface area contributed by atoms with Crippen LogP contribution in [0.3, 0.4) is 0 Å². The number of rotatable bonds is 6. The molecule has 2 saturated carbocycles. The first-order chi connectivity index (χ1) is 16.7. The highest BCUT2D eigenvalue weighted by Gasteiger charge is 2.52. The average Bonchev–Trinajstić information content (AvgIpc) is 2.84. The smallest absolute Gasteiger partial charge is 0.187 e. The number of fused-ring (bicyclic) bond motifs is 1. The normalized spacial score (nSPS) is 53.2. The molecule has 4 aliphatic rings. The van der Waals surface area contributed by atoms with E-state index in [-0.39, 0.29) is 18.3 Å². The van der Waals surface area contributed by atoms with E-state index in [1.807, 2.05) is 0 Å². The minimum atomic E-state index is -1.59. The van der Waals surface area contributed by atoms with E-state index >= 15 is 0 Å². The third-order valence-electron chi connectivity index (χ3n) is 8.25. The third-order valence-corrected chi connectivity index (χ3v) is 8.25. The predicted octanol–water partition coefficient (Wildman–Crippen LogP) is -2.74. The van der Waals surface area contributed by atoms with E-state index in [0.717, 1.165) is 0 Å². The standard InChI is InChI=1S/C23H40O12/c1-31-14-3-9(4-15(32-2)18(14)27)22-16(7-11-12(26)5-10(25)6-13(11)33-22)34-23-21(30)20(29)19(28)17(8-24)35-23/h9-30H,3-8H2,1-2H3. The lowest BCUT2D eigenvalue weighted by Gasteiger charge is -2.51. The Morgan fingerprint density at radius 3 is 1.97 bits per heavy atom. The zero-order valence-corrected chi connectivity index (χ0v) is 20.1. The van der Waals surface area contributed by atoms with Gasteiger partial charge in [-0.1, -0.05) is 0 Å². The summed E-state index contributed by atoms with van der Waals surface area (Å²) in [6, 6.07) is 0. The lowest BCUT2D eigenvalue weighted by atomic mass is 9.72. The largest absolute Gasteiger partial charge is 0.394 e. The monoisotopic (exact) mass is 508 g/mol. The molecule has 12 nitrogen and oxygen atoms in total. The van der Waals surface area contributed by atoms with Gasteiger partial charge >= 0.3 is 0 Å². The molecule has 4 fully saturated rings. The number of hydrogen-bond acceptors (Lipinski definition) is 12. The van der Waals surface area contributed by atoms with Crippen LogP contribution in [0, 0.1) is 11.8 Å². The number of hydrogen-bond donors (Lipinski definition) is 7. The van der Waals surface area contributed by atoms with Crippen LogP contribution in [0.5, 0.6) is 0 Å². The van der Waals surface area contributed by atoms with Crippen molar-refractivity contribution >= 4 is 0 Å². The minimum Gasteiger partial charge on any atom is -0.394 e. The summed E-state index contributed by atoms with van der Waals surface area (Å²) in [4.78, 5) is 0. The highest BCUT2D eigenvalue weighted by Crippen LogP contribution is 2.44. The van der Waals surface area contributed by atoms with Gasteiger partial charge < -0.3 is 59.4 Å². The van der Waals surface area contributed by atoms with Crippen molar-refractivity contribution < 1.29 is 59.4 Å². The molecule has 2 aliphatic heterocycles. The van der Waals surface area contributed by atoms with E-state index in [0.29, 0.717) is 25.7 Å². The van der Waals surface area contributed by atoms with E-state index in [9.17, 15) is 35.7 Å². The number of ether oxygens (including phenoxy) is 5. The Labute approximate surface area is 204 Å². The summed E-state index contributed by atoms with van der Waals surface area (Å²) in [5.74, 6) is -0.518. The first-order valence-electron chi connectivity index (χ1n) is 12.4. The van der Waals surface area contributed by atoms with Gasteiger partial charge in [0, 0.05) is 20.1 Å². The van der Waals surface area contributed by atoms with Crippen LogP contribution >= 0.6 is 0 Å². The Bertz CT molecular complexity index is 667. The molecular weight excluding hydrogens is 468 g/mol. The van der Waals surface area contributed by atoms with Gasteiger partial charge in [-0.15, -0.1) is 0 Å². The highest BCUT2D eigenvalue weighted by molar-refractivity contribution is 5.00. The first-order valence-corrected chi connectivity index (χ1v) is 12.4. The lowest BCUT2D eigenvalue weighted by molar-refractivity contribution is -0.334. The quantitative estimate of drug-likeness (QED) is 0.196. The molecule has 0 bridgehead atoms. The average molecular weight is 509 g/mol. The van der Waals surface area contributed by atoms with E-state index in [1.165, 1.54) is 14.2 Å². The van der Waals surface area contributed by atoms with Gasteiger partial charge in [-0.2, -0.15) is 0 Å². The molecule has 2 saturated heterocycles. The number of methoxy groups -OCH3 is 2. The molecule has 2 heterocycles. The van der Waals surface area contributed by atoms with Crippen molar-refractivity contribution in [2.75, 3.05) is 20.8 Å². The summed E-state index contributed by atoms with van der Waals surface area (Å²) in [7, 11) is 3.02. The van der Waals surface area contributed by atoms with Crippen LogP contribution in [0.1, 0.15) is 32.1 Å². The molecule has 2 aliphatic carbocycles. The van der Waals surface area contributed by atoms with Crippen molar-refractivity contribution in [3.8, 4) is 0 Å². The second-order valence-electron chi connectivity index (χ2n) is 10.4. The molecule has 35 heavy (non-hydrogen) atoms. The predicted molar refractivity (Wildman–Crippen MR) is 117 cm³/mol. The van der Waals surface area contributed by atoms with Gasteiger partial charge in [0.15, 0.2) is 6.29 Å². The summed E-state index contributed by atoms with van der Waals surface area (Å²) >= 11 is 0. The van der Waals surface area contributed by atoms with Crippen LogP contribution in [0.15, 0.2) is 0 Å². The molecule has 0 amide bonds. The SMILES string of the molecule is COC1CC(C2OC3CC(O)CC(O)C3CC2OC2OC(CO)C(O)C(O)C2O)CC(OC)C1O. The van der Waals surface area contributed by atoms with Crippen molar-refractivity contribution in [2.24, 2.45) is 11.8 Å². The fourth-order valence-electron chi connectivity index (χ4n) is 6.25. The molecule has 13 atom stereocenters. The summed E-state index contributed by atoms with van der Waals surface area (Å²) in [6.45, 7) is -0.581. The van der Waals surface area contributed by atoms with Crippen LogP contribution in [0.25, 0.3) is 0 Å². The van der Waals surface area contributed by atoms with E-state index < -0.39 is 86.1 Å². The zero-order chi connectivity index (χ0) is 25.4. The molecular formula is C23H40O12. The zero-order valence-electron chi connectivity index (χ0n) is 20.1. The Balaban J connectivity index is 1.58. The summed E-state index contributed by atoms with van der Waals surface area (Å²) in [5.41, 5.74) is 0. The molecule has 0 radical (unpaired) electrons. The topological polar surface area (TPSA) is 188 Å². The highest BCUT2D eigenvalue weighted by atomic mass is 16.7. The Morgan fingerprint density at radius 2 is 1.37 bits per heavy atom. The van der Waals surface area contributed by atoms with Gasteiger partial charge in [-0.05, 0) is 38.0 Å². The molecule has 0 spiro atoms. The van der Waals surface area contributed by atoms with Crippen LogP contribution in [-0.4, -0.2) is 136 Å². The van der Waals surface area contributed by atoms with E-state index in [4.69, 9.17) is 23.7 Å². The van der Waals surface area contributed by atoms with Crippen LogP contribution in [0.2, 0.25) is 0 Å². The maximum atomic E-state index is 10.6. The molecule has 7 N–H and O–H groups in total. The van der Waals surface area contributed by atoms with Gasteiger partial charge in [0.05, 0.1) is 49.3 Å². The van der Waals surface area contributed by atoms with Gasteiger partial charge in [0.25, 0.3) is 0 Å². The summed E-state index contributed by atoms with van der Waals surface area (Å²) < 4.78 is 29.2. The lowest BCUT2D eigenvalue weighted by Crippen LogP contribution is -2.62. The van der Waals surface area contributed by atoms with Crippen LogP contribution < -0.4 is 0 Å². The molecule has 0 aromatic heterocycles. The fraction of sp³-hybridized carbons (Fsp3) is 1.00. The molecule has 13 unspecified atom stereocenters. The van der Waals surface area contributed by atoms with E-state index in [2.05, 4.69) is 0 Å². The van der Waals surface area contributed by atoms with Crippen molar-refractivity contribution in [3.63, 3.8) is 0 Å². The number of aliphatic hydroxyl groups excluding tert-OH is 7. The van der Waals surface area contributed by atoms with Gasteiger partial charge in [-0.25, -0.2) is 0 Å². The van der Waals surface area contributed by atoms with E-state index in [1.54, 1.807) is 0 Å². The van der Waals surface area contributed by atoms with Crippen molar-refractivity contribution in [1.29, 1.82) is 0 Å². The maximum Gasteiger partial charge on any atom is 0.187 e. The summed E-state index contributed by atoms with van der Waals surface area (Å²) in [6.07, 6.45) is -10.4. The molecule has 0 aromatic carbocycles. The fourth-order valence-corrected chi connectivity index (χ4v) is 6.25. The summed E-state index contributed by atoms with van der Waals surface area (Å²) in [5, 5.41) is 71.8. The Hall–Kier alpha value is -0.480. The molecule has 204 valence electrons. The van der Waals surface area contributed by atoms with Crippen molar-refractivity contribution in [2.45, 2.75) is 112 Å². The minimum absolute atomic E-state index is 0.194. The van der Waals surface area contributed by atoms with Gasteiger partial charge in [-0.3, -0.25) is 0 Å². The molecule has 0 aromatic rings. The van der Waals surface area contributed by atoms with Crippen LogP contribution in [-0.2, 0) is 23.7 Å². The van der Waals surface area contributed by atoms with Crippen LogP contribution in [0.4, 0.5) is 0 Å². The Kier molecular flexibility index (Phi) is 9.05. The number of aliphatic hydroxyl groups is 7. The Morgan fingerprint density at radius 1 is 0.714 bits per heavy atom. The molecule has 4 rings (SSSR count). The molecule has 12 heteroatoms. The van der Waals surface area contributed by atoms with Gasteiger partial charge in [0.2, 0.25) is 0 Å². The first kappa shape index (κ1) is 27.6. The van der Waals surface area contributed by atoms with Crippen molar-refractivity contribution in [3.05, 3.63) is 0 Å². The van der Waals surface area contributed by atoms with Crippen molar-refractivity contribution in [1.82, 2.24) is 0 Å². The van der Waals surface area contributed by atoms with Gasteiger partial charge in [0.1, 0.15) is 30.5 Å². The second kappa shape index (κ2) is 11.5.